The Morgan fingerprint density at radius 1 is 1.14 bits per heavy atom. The number of carbonyl (C=O) groups excluding carboxylic acids is 2. The number of aromatic nitrogens is 1. The zero-order valence-corrected chi connectivity index (χ0v) is 17.4. The van der Waals surface area contributed by atoms with Crippen molar-refractivity contribution in [3.8, 4) is 0 Å². The van der Waals surface area contributed by atoms with E-state index in [9.17, 15) is 9.59 Å². The molecule has 150 valence electrons. The van der Waals surface area contributed by atoms with Gasteiger partial charge in [0, 0.05) is 32.4 Å². The van der Waals surface area contributed by atoms with Crippen molar-refractivity contribution < 1.29 is 14.0 Å². The molecule has 1 saturated heterocycles. The molecule has 10 heteroatoms. The Kier molecular flexibility index (Phi) is 5.75. The highest BCUT2D eigenvalue weighted by atomic mass is 35.5. The number of thiophene rings is 1. The SMILES string of the molecule is O=C(Nc1ccc(C(=O)N2CCN(c3ncc(Cl)cc3Cl)CC2)s1)c1ccco1. The average molecular weight is 451 g/mol. The van der Waals surface area contributed by atoms with Crippen LogP contribution in [0.5, 0.6) is 0 Å². The van der Waals surface area contributed by atoms with Crippen LogP contribution in [0.1, 0.15) is 20.2 Å². The summed E-state index contributed by atoms with van der Waals surface area (Å²) in [5, 5.41) is 4.30. The zero-order chi connectivity index (χ0) is 20.4. The second-order valence-corrected chi connectivity index (χ2v) is 8.26. The quantitative estimate of drug-likeness (QED) is 0.642. The van der Waals surface area contributed by atoms with E-state index in [2.05, 4.69) is 10.3 Å². The second-order valence-electron chi connectivity index (χ2n) is 6.33. The van der Waals surface area contributed by atoms with Crippen LogP contribution in [0.4, 0.5) is 10.8 Å². The predicted octanol–water partition coefficient (Wildman–Crippen LogP) is 4.26. The lowest BCUT2D eigenvalue weighted by molar-refractivity contribution is 0.0751. The van der Waals surface area contributed by atoms with Crippen LogP contribution in [0.3, 0.4) is 0 Å². The van der Waals surface area contributed by atoms with Crippen LogP contribution in [0, 0.1) is 0 Å². The molecule has 0 atom stereocenters. The molecule has 1 aliphatic rings. The maximum Gasteiger partial charge on any atom is 0.291 e. The van der Waals surface area contributed by atoms with Gasteiger partial charge in [-0.05, 0) is 30.3 Å². The molecule has 7 nitrogen and oxygen atoms in total. The Bertz CT molecular complexity index is 1030. The van der Waals surface area contributed by atoms with Crippen LogP contribution >= 0.6 is 34.5 Å². The van der Waals surface area contributed by atoms with Crippen LogP contribution in [0.25, 0.3) is 0 Å². The molecule has 1 aliphatic heterocycles. The topological polar surface area (TPSA) is 78.7 Å². The number of hydrogen-bond acceptors (Lipinski definition) is 6. The summed E-state index contributed by atoms with van der Waals surface area (Å²) >= 11 is 13.4. The molecule has 0 radical (unpaired) electrons. The van der Waals surface area contributed by atoms with E-state index in [1.54, 1.807) is 41.4 Å². The first kappa shape index (κ1) is 19.8. The Balaban J connectivity index is 1.36. The van der Waals surface area contributed by atoms with Crippen molar-refractivity contribution in [1.29, 1.82) is 0 Å². The van der Waals surface area contributed by atoms with Crippen molar-refractivity contribution in [3.63, 3.8) is 0 Å². The van der Waals surface area contributed by atoms with Crippen molar-refractivity contribution in [2.75, 3.05) is 36.4 Å². The van der Waals surface area contributed by atoms with Crippen LogP contribution in [0.2, 0.25) is 10.0 Å². The fourth-order valence-corrected chi connectivity index (χ4v) is 4.39. The maximum absolute atomic E-state index is 12.8. The van der Waals surface area contributed by atoms with Crippen molar-refractivity contribution >= 4 is 57.2 Å². The molecule has 4 heterocycles. The molecule has 0 spiro atoms. The van der Waals surface area contributed by atoms with Crippen LogP contribution in [-0.4, -0.2) is 47.9 Å². The number of nitrogens with one attached hydrogen (secondary N) is 1. The number of furan rings is 1. The van der Waals surface area contributed by atoms with E-state index in [0.29, 0.717) is 51.9 Å². The summed E-state index contributed by atoms with van der Waals surface area (Å²) in [6.07, 6.45) is 3.00. The van der Waals surface area contributed by atoms with Gasteiger partial charge in [-0.25, -0.2) is 4.98 Å². The van der Waals surface area contributed by atoms with Gasteiger partial charge in [-0.15, -0.1) is 11.3 Å². The first-order valence-corrected chi connectivity index (χ1v) is 10.4. The summed E-state index contributed by atoms with van der Waals surface area (Å²) in [6, 6.07) is 8.31. The van der Waals surface area contributed by atoms with E-state index in [-0.39, 0.29) is 17.6 Å². The van der Waals surface area contributed by atoms with Gasteiger partial charge in [0.1, 0.15) is 5.82 Å². The zero-order valence-electron chi connectivity index (χ0n) is 15.1. The highest BCUT2D eigenvalue weighted by molar-refractivity contribution is 7.18. The number of anilines is 2. The van der Waals surface area contributed by atoms with Gasteiger partial charge in [0.25, 0.3) is 11.8 Å². The monoisotopic (exact) mass is 450 g/mol. The van der Waals surface area contributed by atoms with Crippen molar-refractivity contribution in [1.82, 2.24) is 9.88 Å². The average Bonchev–Trinajstić information content (AvgIpc) is 3.40. The van der Waals surface area contributed by atoms with Gasteiger partial charge in [-0.2, -0.15) is 0 Å². The summed E-state index contributed by atoms with van der Waals surface area (Å²) in [5.41, 5.74) is 0. The number of amides is 2. The summed E-state index contributed by atoms with van der Waals surface area (Å²) in [6.45, 7) is 2.33. The highest BCUT2D eigenvalue weighted by Crippen LogP contribution is 2.28. The van der Waals surface area contributed by atoms with Gasteiger partial charge in [-0.1, -0.05) is 23.2 Å². The largest absolute Gasteiger partial charge is 0.459 e. The Morgan fingerprint density at radius 2 is 1.93 bits per heavy atom. The lowest BCUT2D eigenvalue weighted by atomic mass is 10.3. The van der Waals surface area contributed by atoms with Gasteiger partial charge in [0.05, 0.1) is 26.2 Å². The van der Waals surface area contributed by atoms with Crippen molar-refractivity contribution in [2.24, 2.45) is 0 Å². The van der Waals surface area contributed by atoms with Gasteiger partial charge >= 0.3 is 0 Å². The van der Waals surface area contributed by atoms with E-state index in [1.807, 2.05) is 4.90 Å². The molecule has 4 rings (SSSR count). The van der Waals surface area contributed by atoms with Gasteiger partial charge in [-0.3, -0.25) is 9.59 Å². The molecule has 2 amide bonds. The van der Waals surface area contributed by atoms with Gasteiger partial charge in [0.15, 0.2) is 5.76 Å². The molecular weight excluding hydrogens is 435 g/mol. The van der Waals surface area contributed by atoms with E-state index < -0.39 is 0 Å². The third-order valence-corrected chi connectivity index (χ3v) is 5.93. The molecule has 0 bridgehead atoms. The summed E-state index contributed by atoms with van der Waals surface area (Å²) in [4.78, 5) is 33.5. The van der Waals surface area contributed by atoms with Gasteiger partial charge < -0.3 is 19.5 Å². The number of pyridine rings is 1. The van der Waals surface area contributed by atoms with Crippen LogP contribution in [-0.2, 0) is 0 Å². The fraction of sp³-hybridized carbons (Fsp3) is 0.211. The number of piperazine rings is 1. The number of nitrogens with zero attached hydrogens (tertiary/aromatic N) is 3. The maximum atomic E-state index is 12.8. The third kappa shape index (κ3) is 4.39. The lowest BCUT2D eigenvalue weighted by Crippen LogP contribution is -2.49. The molecule has 1 fully saturated rings. The molecule has 29 heavy (non-hydrogen) atoms. The molecule has 1 N–H and O–H groups in total. The first-order valence-electron chi connectivity index (χ1n) is 8.81. The standard InChI is InChI=1S/C19H16Cl2N4O3S/c20-12-10-13(21)17(22-11-12)24-5-7-25(8-6-24)19(27)15-3-4-16(29-15)23-18(26)14-2-1-9-28-14/h1-4,9-11H,5-8H2,(H,23,26). The molecule has 0 aromatic carbocycles. The molecule has 3 aromatic rings. The number of hydrogen-bond donors (Lipinski definition) is 1. The minimum atomic E-state index is -0.350. The van der Waals surface area contributed by atoms with Crippen LogP contribution in [0.15, 0.2) is 47.2 Å². The summed E-state index contributed by atoms with van der Waals surface area (Å²) in [5.74, 6) is 0.471. The second kappa shape index (κ2) is 8.44. The molecular formula is C19H16Cl2N4O3S. The number of halogens is 2. The predicted molar refractivity (Wildman–Crippen MR) is 113 cm³/mol. The Labute approximate surface area is 180 Å². The van der Waals surface area contributed by atoms with E-state index in [0.717, 1.165) is 0 Å². The Hall–Kier alpha value is -2.55. The minimum absolute atomic E-state index is 0.0664. The van der Waals surface area contributed by atoms with Gasteiger partial charge in [0.2, 0.25) is 0 Å². The van der Waals surface area contributed by atoms with Crippen LogP contribution < -0.4 is 10.2 Å². The smallest absolute Gasteiger partial charge is 0.291 e. The molecule has 3 aromatic heterocycles. The van der Waals surface area contributed by atoms with Crippen molar-refractivity contribution in [2.45, 2.75) is 0 Å². The van der Waals surface area contributed by atoms with Crippen molar-refractivity contribution in [3.05, 3.63) is 63.5 Å². The Morgan fingerprint density at radius 3 is 2.62 bits per heavy atom. The third-order valence-electron chi connectivity index (χ3n) is 4.45. The van der Waals surface area contributed by atoms with E-state index in [1.165, 1.54) is 17.6 Å². The lowest BCUT2D eigenvalue weighted by Gasteiger charge is -2.35. The first-order chi connectivity index (χ1) is 14.0. The normalized spacial score (nSPS) is 14.1. The summed E-state index contributed by atoms with van der Waals surface area (Å²) in [7, 11) is 0. The molecule has 0 unspecified atom stereocenters. The molecule has 0 aliphatic carbocycles. The summed E-state index contributed by atoms with van der Waals surface area (Å²) < 4.78 is 5.07. The van der Waals surface area contributed by atoms with E-state index in [4.69, 9.17) is 27.6 Å². The fourth-order valence-electron chi connectivity index (χ4n) is 3.02. The molecule has 0 saturated carbocycles. The highest BCUT2D eigenvalue weighted by Gasteiger charge is 2.25. The number of rotatable bonds is 4. The van der Waals surface area contributed by atoms with E-state index >= 15 is 0 Å². The number of carbonyl (C=O) groups is 2. The minimum Gasteiger partial charge on any atom is -0.459 e.